The van der Waals surface area contributed by atoms with Crippen LogP contribution in [0.4, 0.5) is 0 Å². The number of rotatable bonds is 8. The molecule has 0 atom stereocenters. The monoisotopic (exact) mass is 790 g/mol. The molecule has 0 fully saturated rings. The van der Waals surface area contributed by atoms with E-state index in [0.717, 1.165) is 27.8 Å². The molecule has 11 aromatic rings. The molecular formula is C57H38N4. The van der Waals surface area contributed by atoms with Gasteiger partial charge in [-0.05, 0) is 86.9 Å². The Morgan fingerprint density at radius 1 is 0.328 bits per heavy atom. The van der Waals surface area contributed by atoms with E-state index in [1.54, 1.807) is 6.07 Å². The van der Waals surface area contributed by atoms with Crippen molar-refractivity contribution >= 4 is 21.8 Å². The van der Waals surface area contributed by atoms with Crippen molar-refractivity contribution in [3.63, 3.8) is 0 Å². The molecule has 0 N–H and O–H groups in total. The molecule has 0 amide bonds. The molecule has 0 saturated heterocycles. The van der Waals surface area contributed by atoms with E-state index >= 15 is 0 Å². The van der Waals surface area contributed by atoms with Crippen LogP contribution < -0.4 is 0 Å². The van der Waals surface area contributed by atoms with E-state index in [1.165, 1.54) is 4.57 Å². The van der Waals surface area contributed by atoms with Crippen LogP contribution in [0.25, 0.3) is 106 Å². The Labute approximate surface area is 371 Å². The number of para-hydroxylation sites is 1. The number of benzene rings is 9. The molecule has 9 aromatic carbocycles. The maximum atomic E-state index is 9.79. The van der Waals surface area contributed by atoms with Gasteiger partial charge in [-0.15, -0.1) is 0 Å². The first kappa shape index (κ1) is 25.3. The first-order chi connectivity index (χ1) is 35.2. The molecule has 2 aromatic heterocycles. The molecule has 0 aliphatic rings. The summed E-state index contributed by atoms with van der Waals surface area (Å²) in [6.45, 7) is 0. The lowest BCUT2D eigenvalue weighted by molar-refractivity contribution is 1.06. The molecule has 0 saturated carbocycles. The van der Waals surface area contributed by atoms with Gasteiger partial charge in [-0.2, -0.15) is 0 Å². The second kappa shape index (κ2) is 15.5. The van der Waals surface area contributed by atoms with Crippen LogP contribution >= 0.6 is 0 Å². The standard InChI is InChI=1S/C57H38N4/c1-5-17-39(18-6-1)43-25-15-27-45(35-43)47-32-34-54(61-52-30-14-13-29-49(52)50-37-46(31-33-53(50)61)41-21-9-3-10-22-41)51(38-47)57-59-55(42-23-11-4-12-24-42)58-56(60-57)48-28-16-26-44(36-48)40-19-7-2-8-20-40/h1-38H/i3D,9D,10D,13D,14D,21D,22D,29D,30D,31D,33D,37D. The van der Waals surface area contributed by atoms with Crippen molar-refractivity contribution in [1.82, 2.24) is 19.5 Å². The highest BCUT2D eigenvalue weighted by Crippen LogP contribution is 2.40. The zero-order valence-corrected chi connectivity index (χ0v) is 32.3. The van der Waals surface area contributed by atoms with E-state index in [2.05, 4.69) is 6.07 Å². The summed E-state index contributed by atoms with van der Waals surface area (Å²) in [5, 5.41) is -0.354. The Kier molecular flexibility index (Phi) is 6.44. The van der Waals surface area contributed by atoms with Crippen molar-refractivity contribution in [2.75, 3.05) is 0 Å². The van der Waals surface area contributed by atoms with Gasteiger partial charge in [-0.25, -0.2) is 15.0 Å². The Bertz CT molecular complexity index is 4030. The molecule has 0 bridgehead atoms. The van der Waals surface area contributed by atoms with Gasteiger partial charge in [-0.3, -0.25) is 0 Å². The number of aromatic nitrogens is 4. The van der Waals surface area contributed by atoms with Crippen LogP contribution in [0.1, 0.15) is 16.4 Å². The van der Waals surface area contributed by atoms with Gasteiger partial charge in [0.05, 0.1) is 33.2 Å². The molecule has 0 spiro atoms. The van der Waals surface area contributed by atoms with E-state index in [0.29, 0.717) is 33.9 Å². The van der Waals surface area contributed by atoms with Crippen molar-refractivity contribution in [3.8, 4) is 84.4 Å². The van der Waals surface area contributed by atoms with Crippen LogP contribution in [0.3, 0.4) is 0 Å². The van der Waals surface area contributed by atoms with Crippen LogP contribution in [0, 0.1) is 0 Å². The zero-order valence-electron chi connectivity index (χ0n) is 44.3. The SMILES string of the molecule is [2H]c1c([2H])c([2H])c(-c2c([2H])c([2H])c3c(c2[2H])c2c([2H])c([2H])c([2H])c([2H])c2n3-c2ccc(-c3cccc(-c4ccccc4)c3)cc2-c2nc(-c3ccccc3)nc(-c3cccc(-c4ccccc4)c3)n2)c([2H])c1[2H]. The number of nitrogens with zero attached hydrogens (tertiary/aromatic N) is 4. The first-order valence-electron chi connectivity index (χ1n) is 25.6. The average Bonchev–Trinajstić information content (AvgIpc) is 3.80. The molecule has 4 nitrogen and oxygen atoms in total. The second-order valence-electron chi connectivity index (χ2n) is 14.3. The fourth-order valence-corrected chi connectivity index (χ4v) is 7.66. The Morgan fingerprint density at radius 3 is 1.52 bits per heavy atom. The van der Waals surface area contributed by atoms with E-state index in [-0.39, 0.29) is 33.3 Å². The van der Waals surface area contributed by atoms with Crippen molar-refractivity contribution < 1.29 is 16.4 Å². The lowest BCUT2D eigenvalue weighted by Crippen LogP contribution is -2.04. The van der Waals surface area contributed by atoms with Gasteiger partial charge < -0.3 is 4.57 Å². The molecule has 0 aliphatic carbocycles. The lowest BCUT2D eigenvalue weighted by atomic mass is 9.97. The van der Waals surface area contributed by atoms with Crippen LogP contribution in [0.2, 0.25) is 0 Å². The summed E-state index contributed by atoms with van der Waals surface area (Å²) in [5.74, 6) is 0.795. The lowest BCUT2D eigenvalue weighted by Gasteiger charge is -2.17. The molecule has 11 rings (SSSR count). The van der Waals surface area contributed by atoms with Crippen LogP contribution in [-0.2, 0) is 0 Å². The van der Waals surface area contributed by atoms with E-state index in [9.17, 15) is 6.85 Å². The fourth-order valence-electron chi connectivity index (χ4n) is 7.66. The average molecular weight is 791 g/mol. The summed E-state index contributed by atoms with van der Waals surface area (Å²) in [7, 11) is 0. The minimum Gasteiger partial charge on any atom is -0.309 e. The smallest absolute Gasteiger partial charge is 0.166 e. The van der Waals surface area contributed by atoms with Gasteiger partial charge in [0.1, 0.15) is 0 Å². The Morgan fingerprint density at radius 2 is 0.836 bits per heavy atom. The summed E-state index contributed by atoms with van der Waals surface area (Å²) in [6, 6.07) is 42.9. The molecule has 0 unspecified atom stereocenters. The molecule has 4 heteroatoms. The van der Waals surface area contributed by atoms with Crippen molar-refractivity contribution in [2.45, 2.75) is 0 Å². The van der Waals surface area contributed by atoms with Crippen molar-refractivity contribution in [1.29, 1.82) is 0 Å². The number of hydrogen-bond donors (Lipinski definition) is 0. The summed E-state index contributed by atoms with van der Waals surface area (Å²) < 4.78 is 110. The van der Waals surface area contributed by atoms with Crippen molar-refractivity contribution in [2.24, 2.45) is 0 Å². The molecule has 0 aliphatic heterocycles. The van der Waals surface area contributed by atoms with Crippen molar-refractivity contribution in [3.05, 3.63) is 230 Å². The van der Waals surface area contributed by atoms with Gasteiger partial charge in [0.25, 0.3) is 0 Å². The van der Waals surface area contributed by atoms with E-state index < -0.39 is 83.6 Å². The summed E-state index contributed by atoms with van der Waals surface area (Å²) in [5.41, 5.74) is 6.07. The molecular weight excluding hydrogens is 741 g/mol. The largest absolute Gasteiger partial charge is 0.309 e. The number of hydrogen-bond acceptors (Lipinski definition) is 3. The highest BCUT2D eigenvalue weighted by atomic mass is 15.1. The van der Waals surface area contributed by atoms with Gasteiger partial charge in [0, 0.05) is 27.5 Å². The minimum absolute atomic E-state index is 0.131. The van der Waals surface area contributed by atoms with Crippen LogP contribution in [0.15, 0.2) is 230 Å². The highest BCUT2D eigenvalue weighted by Gasteiger charge is 2.21. The Balaban J connectivity index is 1.27. The van der Waals surface area contributed by atoms with Crippen LogP contribution in [-0.4, -0.2) is 19.5 Å². The topological polar surface area (TPSA) is 43.6 Å². The molecule has 2 heterocycles. The van der Waals surface area contributed by atoms with Gasteiger partial charge in [0.2, 0.25) is 0 Å². The maximum Gasteiger partial charge on any atom is 0.166 e. The Hall–Kier alpha value is -8.21. The fraction of sp³-hybridized carbons (Fsp3) is 0. The molecule has 0 radical (unpaired) electrons. The predicted molar refractivity (Wildman–Crippen MR) is 252 cm³/mol. The summed E-state index contributed by atoms with van der Waals surface area (Å²) >= 11 is 0. The molecule has 61 heavy (non-hydrogen) atoms. The minimum atomic E-state index is -0.705. The van der Waals surface area contributed by atoms with Gasteiger partial charge >= 0.3 is 0 Å². The molecule has 286 valence electrons. The summed E-state index contributed by atoms with van der Waals surface area (Å²) in [6.07, 6.45) is 0. The van der Waals surface area contributed by atoms with Gasteiger partial charge in [0.15, 0.2) is 17.5 Å². The predicted octanol–water partition coefficient (Wildman–Crippen LogP) is 14.6. The quantitative estimate of drug-likeness (QED) is 0.154. The van der Waals surface area contributed by atoms with E-state index in [1.807, 2.05) is 146 Å². The zero-order chi connectivity index (χ0) is 51.0. The maximum absolute atomic E-state index is 9.79. The van der Waals surface area contributed by atoms with Crippen LogP contribution in [0.5, 0.6) is 0 Å². The third-order valence-corrected chi connectivity index (χ3v) is 10.6. The number of fused-ring (bicyclic) bond motifs is 3. The van der Waals surface area contributed by atoms with Gasteiger partial charge in [-0.1, -0.05) is 188 Å². The summed E-state index contributed by atoms with van der Waals surface area (Å²) in [4.78, 5) is 15.4. The third-order valence-electron chi connectivity index (χ3n) is 10.6. The first-order valence-corrected chi connectivity index (χ1v) is 19.6. The normalized spacial score (nSPS) is 14.0. The highest BCUT2D eigenvalue weighted by molar-refractivity contribution is 6.11. The van der Waals surface area contributed by atoms with E-state index in [4.69, 9.17) is 24.5 Å². The third kappa shape index (κ3) is 6.86. The second-order valence-corrected chi connectivity index (χ2v) is 14.3.